The molecule has 0 aliphatic heterocycles. The summed E-state index contributed by atoms with van der Waals surface area (Å²) in [4.78, 5) is 15.5. The van der Waals surface area contributed by atoms with Gasteiger partial charge in [0.25, 0.3) is 0 Å². The minimum Gasteiger partial charge on any atom is -0.456 e. The number of aromatic nitrogens is 4. The third kappa shape index (κ3) is 5.08. The van der Waals surface area contributed by atoms with Crippen LogP contribution in [0.5, 0.6) is 0 Å². The summed E-state index contributed by atoms with van der Waals surface area (Å²) in [5, 5.41) is 4.58. The maximum Gasteiger partial charge on any atom is 0.164 e. The van der Waals surface area contributed by atoms with Crippen LogP contribution in [0, 0.1) is 0 Å². The molecule has 0 bridgehead atoms. The molecular weight excluding hydrogens is 721 g/mol. The number of hydrogen-bond donors (Lipinski definition) is 0. The first-order valence-corrected chi connectivity index (χ1v) is 20.1. The minimum atomic E-state index is -0.139. The van der Waals surface area contributed by atoms with Crippen LogP contribution < -0.4 is 0 Å². The summed E-state index contributed by atoms with van der Waals surface area (Å²) in [6.45, 7) is 4.70. The summed E-state index contributed by atoms with van der Waals surface area (Å²) < 4.78 is 8.91. The fourth-order valence-electron chi connectivity index (χ4n) is 9.46. The van der Waals surface area contributed by atoms with Gasteiger partial charge in [-0.15, -0.1) is 0 Å². The zero-order valence-corrected chi connectivity index (χ0v) is 32.5. The van der Waals surface area contributed by atoms with Crippen LogP contribution >= 0.6 is 0 Å². The van der Waals surface area contributed by atoms with Crippen molar-refractivity contribution in [1.29, 1.82) is 0 Å². The summed E-state index contributed by atoms with van der Waals surface area (Å²) in [6.07, 6.45) is 0. The number of hydrogen-bond acceptors (Lipinski definition) is 4. The highest BCUT2D eigenvalue weighted by atomic mass is 16.3. The quantitative estimate of drug-likeness (QED) is 0.175. The van der Waals surface area contributed by atoms with E-state index in [-0.39, 0.29) is 5.41 Å². The molecule has 0 spiro atoms. The summed E-state index contributed by atoms with van der Waals surface area (Å²) in [5.74, 6) is 1.84. The highest BCUT2D eigenvalue weighted by Gasteiger charge is 2.36. The molecule has 3 aromatic heterocycles. The normalized spacial score (nSPS) is 13.1. The molecule has 5 heteroatoms. The minimum absolute atomic E-state index is 0.139. The largest absolute Gasteiger partial charge is 0.456 e. The van der Waals surface area contributed by atoms with Gasteiger partial charge in [-0.3, -0.25) is 0 Å². The number of nitrogens with zero attached hydrogens (tertiary/aromatic N) is 4. The molecule has 0 atom stereocenters. The second-order valence-electron chi connectivity index (χ2n) is 16.0. The van der Waals surface area contributed by atoms with E-state index in [1.54, 1.807) is 0 Å². The van der Waals surface area contributed by atoms with E-state index in [0.29, 0.717) is 17.5 Å². The first kappa shape index (κ1) is 33.5. The Bertz CT molecular complexity index is 3410. The zero-order chi connectivity index (χ0) is 39.2. The maximum atomic E-state index is 6.47. The van der Waals surface area contributed by atoms with Gasteiger partial charge in [0, 0.05) is 49.3 Å². The van der Waals surface area contributed by atoms with Gasteiger partial charge in [-0.25, -0.2) is 15.0 Å². The highest BCUT2D eigenvalue weighted by Crippen LogP contribution is 2.51. The lowest BCUT2D eigenvalue weighted by Gasteiger charge is -2.22. The molecule has 3 heterocycles. The van der Waals surface area contributed by atoms with E-state index in [1.807, 2.05) is 48.5 Å². The molecule has 8 aromatic carbocycles. The number of rotatable bonds is 5. The van der Waals surface area contributed by atoms with Crippen molar-refractivity contribution in [2.45, 2.75) is 19.3 Å². The van der Waals surface area contributed by atoms with Gasteiger partial charge in [0.2, 0.25) is 0 Å². The third-order valence-corrected chi connectivity index (χ3v) is 12.3. The zero-order valence-electron chi connectivity index (χ0n) is 32.5. The van der Waals surface area contributed by atoms with Crippen molar-refractivity contribution in [2.24, 2.45) is 0 Å². The molecule has 0 saturated carbocycles. The molecule has 11 aromatic rings. The van der Waals surface area contributed by atoms with Crippen molar-refractivity contribution in [2.75, 3.05) is 0 Å². The van der Waals surface area contributed by atoms with Crippen molar-refractivity contribution in [3.63, 3.8) is 0 Å². The van der Waals surface area contributed by atoms with Gasteiger partial charge in [0.15, 0.2) is 17.5 Å². The van der Waals surface area contributed by atoms with E-state index >= 15 is 0 Å². The van der Waals surface area contributed by atoms with Gasteiger partial charge in [0.1, 0.15) is 11.2 Å². The van der Waals surface area contributed by atoms with Crippen LogP contribution in [0.2, 0.25) is 0 Å². The average Bonchev–Trinajstić information content (AvgIpc) is 3.91. The van der Waals surface area contributed by atoms with Crippen molar-refractivity contribution in [3.8, 4) is 62.1 Å². The van der Waals surface area contributed by atoms with E-state index < -0.39 is 0 Å². The van der Waals surface area contributed by atoms with Crippen LogP contribution in [-0.4, -0.2) is 19.5 Å². The molecular formula is C54H36N4O. The van der Waals surface area contributed by atoms with Gasteiger partial charge < -0.3 is 8.98 Å². The Hall–Kier alpha value is -7.63. The second-order valence-corrected chi connectivity index (χ2v) is 16.0. The molecule has 0 N–H and O–H groups in total. The van der Waals surface area contributed by atoms with Gasteiger partial charge >= 0.3 is 0 Å². The van der Waals surface area contributed by atoms with Gasteiger partial charge in [0.05, 0.1) is 11.0 Å². The molecule has 0 radical (unpaired) electrons. The monoisotopic (exact) mass is 756 g/mol. The maximum absolute atomic E-state index is 6.47. The topological polar surface area (TPSA) is 56.7 Å². The molecule has 5 nitrogen and oxygen atoms in total. The molecule has 1 aliphatic rings. The summed E-state index contributed by atoms with van der Waals surface area (Å²) in [5.41, 5.74) is 15.1. The van der Waals surface area contributed by atoms with Crippen LogP contribution in [0.25, 0.3) is 106 Å². The van der Waals surface area contributed by atoms with Crippen molar-refractivity contribution >= 4 is 43.7 Å². The molecule has 278 valence electrons. The van der Waals surface area contributed by atoms with E-state index in [4.69, 9.17) is 19.4 Å². The Morgan fingerprint density at radius 3 is 1.81 bits per heavy atom. The SMILES string of the molecule is CC1(C)c2ccccc2-c2cc3c4ccccc4n(-c4ccc(-c5nc(-c6ccccc6)nc(-c6ccccc6)n5)c(-c5cccc6oc7ccccc7c56)c4)c3cc21. The van der Waals surface area contributed by atoms with E-state index in [2.05, 4.69) is 152 Å². The lowest BCUT2D eigenvalue weighted by molar-refractivity contribution is 0.661. The van der Waals surface area contributed by atoms with Crippen LogP contribution in [0.3, 0.4) is 0 Å². The predicted octanol–water partition coefficient (Wildman–Crippen LogP) is 13.8. The number of para-hydroxylation sites is 2. The Balaban J connectivity index is 1.16. The van der Waals surface area contributed by atoms with Gasteiger partial charge in [-0.05, 0) is 81.9 Å². The third-order valence-electron chi connectivity index (χ3n) is 12.3. The van der Waals surface area contributed by atoms with Crippen molar-refractivity contribution < 1.29 is 4.42 Å². The molecule has 1 aliphatic carbocycles. The molecule has 12 rings (SSSR count). The molecule has 0 unspecified atom stereocenters. The van der Waals surface area contributed by atoms with Crippen LogP contribution in [0.15, 0.2) is 186 Å². The van der Waals surface area contributed by atoms with Crippen LogP contribution in [0.4, 0.5) is 0 Å². The Kier molecular flexibility index (Phi) is 7.20. The van der Waals surface area contributed by atoms with Gasteiger partial charge in [-0.1, -0.05) is 147 Å². The molecule has 0 fully saturated rings. The fraction of sp³-hybridized carbons (Fsp3) is 0.0556. The van der Waals surface area contributed by atoms with E-state index in [1.165, 1.54) is 38.5 Å². The number of furan rings is 1. The van der Waals surface area contributed by atoms with Gasteiger partial charge in [-0.2, -0.15) is 0 Å². The molecule has 59 heavy (non-hydrogen) atoms. The lowest BCUT2D eigenvalue weighted by Crippen LogP contribution is -2.15. The number of benzene rings is 8. The van der Waals surface area contributed by atoms with E-state index in [9.17, 15) is 0 Å². The summed E-state index contributed by atoms with van der Waals surface area (Å²) in [7, 11) is 0. The van der Waals surface area contributed by atoms with Crippen LogP contribution in [0.1, 0.15) is 25.0 Å². The second kappa shape index (κ2) is 12.7. The average molecular weight is 757 g/mol. The van der Waals surface area contributed by atoms with Crippen molar-refractivity contribution in [3.05, 3.63) is 193 Å². The fourth-order valence-corrected chi connectivity index (χ4v) is 9.46. The molecule has 0 amide bonds. The smallest absolute Gasteiger partial charge is 0.164 e. The first-order valence-electron chi connectivity index (χ1n) is 20.1. The Morgan fingerprint density at radius 2 is 1.03 bits per heavy atom. The first-order chi connectivity index (χ1) is 29.0. The standard InChI is InChI=1S/C54H36N4O/c1-54(2)44-24-12-9-20-36(44)42-31-43-37-21-10-13-25-46(37)58(47(43)32-45(42)54)35-28-29-39(41(30-35)38-23-15-27-49-50(38)40-22-11-14-26-48(40)59-49)53-56-51(33-16-5-3-6-17-33)55-52(57-53)34-18-7-4-8-19-34/h3-32H,1-2H3. The highest BCUT2D eigenvalue weighted by molar-refractivity contribution is 6.14. The molecule has 0 saturated heterocycles. The van der Waals surface area contributed by atoms with Crippen molar-refractivity contribution in [1.82, 2.24) is 19.5 Å². The lowest BCUT2D eigenvalue weighted by atomic mass is 9.82. The van der Waals surface area contributed by atoms with E-state index in [0.717, 1.165) is 61.0 Å². The summed E-state index contributed by atoms with van der Waals surface area (Å²) in [6, 6.07) is 64.2. The van der Waals surface area contributed by atoms with Crippen LogP contribution in [-0.2, 0) is 5.41 Å². The Morgan fingerprint density at radius 1 is 0.407 bits per heavy atom. The summed E-state index contributed by atoms with van der Waals surface area (Å²) >= 11 is 0. The number of fused-ring (bicyclic) bond motifs is 9. The predicted molar refractivity (Wildman–Crippen MR) is 241 cm³/mol. The Labute approximate surface area is 340 Å².